The third-order valence-corrected chi connectivity index (χ3v) is 2.80. The molecule has 88 valence electrons. The van der Waals surface area contributed by atoms with Crippen LogP contribution >= 0.6 is 23.2 Å². The van der Waals surface area contributed by atoms with Crippen LogP contribution in [0.5, 0.6) is 0 Å². The second-order valence-corrected chi connectivity index (χ2v) is 4.23. The summed E-state index contributed by atoms with van der Waals surface area (Å²) in [5.74, 6) is 0.0228. The van der Waals surface area contributed by atoms with Crippen molar-refractivity contribution in [2.24, 2.45) is 0 Å². The number of ketones is 1. The highest BCUT2D eigenvalue weighted by Gasteiger charge is 2.07. The van der Waals surface area contributed by atoms with E-state index in [0.717, 1.165) is 6.42 Å². The fourth-order valence-corrected chi connectivity index (χ4v) is 1.52. The monoisotopic (exact) mass is 260 g/mol. The zero-order valence-corrected chi connectivity index (χ0v) is 10.6. The molecule has 0 radical (unpaired) electrons. The molecule has 0 unspecified atom stereocenters. The first-order chi connectivity index (χ1) is 7.65. The predicted octanol–water partition coefficient (Wildman–Crippen LogP) is 3.99. The van der Waals surface area contributed by atoms with E-state index >= 15 is 0 Å². The minimum Gasteiger partial charge on any atom is -0.381 e. The number of benzene rings is 1. The van der Waals surface area contributed by atoms with Gasteiger partial charge in [0.05, 0.1) is 16.7 Å². The van der Waals surface area contributed by atoms with Gasteiger partial charge in [0.25, 0.3) is 0 Å². The molecule has 0 aromatic heterocycles. The SMILES string of the molecule is CCCOCCC(=O)c1ccc(Cl)c(Cl)c1. The summed E-state index contributed by atoms with van der Waals surface area (Å²) in [6, 6.07) is 4.90. The lowest BCUT2D eigenvalue weighted by molar-refractivity contribution is 0.0879. The van der Waals surface area contributed by atoms with E-state index in [4.69, 9.17) is 27.9 Å². The highest BCUT2D eigenvalue weighted by molar-refractivity contribution is 6.42. The van der Waals surface area contributed by atoms with Crippen molar-refractivity contribution in [1.82, 2.24) is 0 Å². The van der Waals surface area contributed by atoms with Crippen LogP contribution in [0.1, 0.15) is 30.1 Å². The Balaban J connectivity index is 2.50. The van der Waals surface area contributed by atoms with Crippen LogP contribution in [0.3, 0.4) is 0 Å². The number of halogens is 2. The first-order valence-electron chi connectivity index (χ1n) is 5.21. The third-order valence-electron chi connectivity index (χ3n) is 2.06. The normalized spacial score (nSPS) is 10.4. The molecule has 0 spiro atoms. The van der Waals surface area contributed by atoms with Crippen molar-refractivity contribution in [2.75, 3.05) is 13.2 Å². The molecule has 0 heterocycles. The second kappa shape index (κ2) is 6.89. The van der Waals surface area contributed by atoms with E-state index in [9.17, 15) is 4.79 Å². The summed E-state index contributed by atoms with van der Waals surface area (Å²) < 4.78 is 5.25. The van der Waals surface area contributed by atoms with Crippen molar-refractivity contribution in [3.8, 4) is 0 Å². The molecular formula is C12H14Cl2O2. The first kappa shape index (κ1) is 13.5. The van der Waals surface area contributed by atoms with Crippen LogP contribution < -0.4 is 0 Å². The van der Waals surface area contributed by atoms with Gasteiger partial charge in [-0.3, -0.25) is 4.79 Å². The van der Waals surface area contributed by atoms with Gasteiger partial charge in [-0.15, -0.1) is 0 Å². The molecule has 0 saturated heterocycles. The van der Waals surface area contributed by atoms with Crippen molar-refractivity contribution in [1.29, 1.82) is 0 Å². The summed E-state index contributed by atoms with van der Waals surface area (Å²) in [5.41, 5.74) is 0.578. The van der Waals surface area contributed by atoms with E-state index in [0.29, 0.717) is 35.2 Å². The average molecular weight is 261 g/mol. The number of hydrogen-bond acceptors (Lipinski definition) is 2. The molecule has 0 aliphatic rings. The lowest BCUT2D eigenvalue weighted by Crippen LogP contribution is -2.05. The van der Waals surface area contributed by atoms with E-state index in [-0.39, 0.29) is 5.78 Å². The molecule has 0 amide bonds. The zero-order chi connectivity index (χ0) is 12.0. The first-order valence-corrected chi connectivity index (χ1v) is 5.96. The number of carbonyl (C=O) groups is 1. The molecule has 0 aliphatic heterocycles. The van der Waals surface area contributed by atoms with Crippen LogP contribution in [-0.2, 0) is 4.74 Å². The lowest BCUT2D eigenvalue weighted by atomic mass is 10.1. The summed E-state index contributed by atoms with van der Waals surface area (Å²) >= 11 is 11.6. The van der Waals surface area contributed by atoms with Gasteiger partial charge in [0.1, 0.15) is 0 Å². The summed E-state index contributed by atoms with van der Waals surface area (Å²) in [6.45, 7) is 3.17. The van der Waals surface area contributed by atoms with Gasteiger partial charge >= 0.3 is 0 Å². The fraction of sp³-hybridized carbons (Fsp3) is 0.417. The van der Waals surface area contributed by atoms with Crippen molar-refractivity contribution in [3.63, 3.8) is 0 Å². The summed E-state index contributed by atoms with van der Waals surface area (Å²) in [4.78, 5) is 11.7. The van der Waals surface area contributed by atoms with Gasteiger partial charge in [-0.1, -0.05) is 30.1 Å². The largest absolute Gasteiger partial charge is 0.381 e. The number of carbonyl (C=O) groups excluding carboxylic acids is 1. The highest BCUT2D eigenvalue weighted by atomic mass is 35.5. The molecule has 2 nitrogen and oxygen atoms in total. The van der Waals surface area contributed by atoms with E-state index in [1.54, 1.807) is 18.2 Å². The molecule has 16 heavy (non-hydrogen) atoms. The molecule has 0 saturated carbocycles. The Kier molecular flexibility index (Phi) is 5.81. The molecule has 1 aromatic rings. The number of ether oxygens (including phenoxy) is 1. The highest BCUT2D eigenvalue weighted by Crippen LogP contribution is 2.23. The second-order valence-electron chi connectivity index (χ2n) is 3.41. The summed E-state index contributed by atoms with van der Waals surface area (Å²) in [7, 11) is 0. The minimum absolute atomic E-state index is 0.0228. The molecule has 1 aromatic carbocycles. The van der Waals surface area contributed by atoms with Crippen molar-refractivity contribution < 1.29 is 9.53 Å². The van der Waals surface area contributed by atoms with Gasteiger partial charge in [0.15, 0.2) is 5.78 Å². The van der Waals surface area contributed by atoms with Gasteiger partial charge in [-0.05, 0) is 24.6 Å². The number of rotatable bonds is 6. The molecule has 0 N–H and O–H groups in total. The van der Waals surface area contributed by atoms with Gasteiger partial charge in [0, 0.05) is 18.6 Å². The Hall–Kier alpha value is -0.570. The standard InChI is InChI=1S/C12H14Cl2O2/c1-2-6-16-7-5-12(15)9-3-4-10(13)11(14)8-9/h3-4,8H,2,5-7H2,1H3. The topological polar surface area (TPSA) is 26.3 Å². The molecule has 0 atom stereocenters. The Labute approximate surface area is 106 Å². The van der Waals surface area contributed by atoms with E-state index in [2.05, 4.69) is 0 Å². The predicted molar refractivity (Wildman–Crippen MR) is 66.5 cm³/mol. The smallest absolute Gasteiger partial charge is 0.165 e. The molecule has 1 rings (SSSR count). The van der Waals surface area contributed by atoms with Crippen LogP contribution in [-0.4, -0.2) is 19.0 Å². The Bertz CT molecular complexity index is 364. The van der Waals surface area contributed by atoms with Crippen LogP contribution in [0.25, 0.3) is 0 Å². The van der Waals surface area contributed by atoms with Gasteiger partial charge in [-0.25, -0.2) is 0 Å². The Morgan fingerprint density at radius 3 is 2.62 bits per heavy atom. The lowest BCUT2D eigenvalue weighted by Gasteiger charge is -2.03. The Morgan fingerprint density at radius 2 is 2.00 bits per heavy atom. The van der Waals surface area contributed by atoms with Crippen LogP contribution in [0.4, 0.5) is 0 Å². The third kappa shape index (κ3) is 4.12. The number of hydrogen-bond donors (Lipinski definition) is 0. The maximum absolute atomic E-state index is 11.7. The maximum atomic E-state index is 11.7. The van der Waals surface area contributed by atoms with Crippen molar-refractivity contribution in [2.45, 2.75) is 19.8 Å². The fourth-order valence-electron chi connectivity index (χ4n) is 1.23. The average Bonchev–Trinajstić information content (AvgIpc) is 2.28. The summed E-state index contributed by atoms with van der Waals surface area (Å²) in [6.07, 6.45) is 1.33. The zero-order valence-electron chi connectivity index (χ0n) is 9.13. The van der Waals surface area contributed by atoms with Crippen molar-refractivity contribution in [3.05, 3.63) is 33.8 Å². The van der Waals surface area contributed by atoms with Crippen LogP contribution in [0, 0.1) is 0 Å². The van der Waals surface area contributed by atoms with Crippen LogP contribution in [0.2, 0.25) is 10.0 Å². The van der Waals surface area contributed by atoms with Gasteiger partial charge in [-0.2, -0.15) is 0 Å². The summed E-state index contributed by atoms with van der Waals surface area (Å²) in [5, 5.41) is 0.863. The molecule has 0 aliphatic carbocycles. The van der Waals surface area contributed by atoms with Gasteiger partial charge in [0.2, 0.25) is 0 Å². The molecule has 4 heteroatoms. The quantitative estimate of drug-likeness (QED) is 0.571. The molecular weight excluding hydrogens is 247 g/mol. The molecule has 0 bridgehead atoms. The van der Waals surface area contributed by atoms with Crippen LogP contribution in [0.15, 0.2) is 18.2 Å². The van der Waals surface area contributed by atoms with E-state index in [1.165, 1.54) is 0 Å². The Morgan fingerprint density at radius 1 is 1.25 bits per heavy atom. The van der Waals surface area contributed by atoms with Gasteiger partial charge < -0.3 is 4.74 Å². The van der Waals surface area contributed by atoms with E-state index in [1.807, 2.05) is 6.92 Å². The van der Waals surface area contributed by atoms with E-state index < -0.39 is 0 Å². The number of Topliss-reactive ketones (excluding diaryl/α,β-unsaturated/α-hetero) is 1. The molecule has 0 fully saturated rings. The minimum atomic E-state index is 0.0228. The van der Waals surface area contributed by atoms with Crippen molar-refractivity contribution >= 4 is 29.0 Å². The maximum Gasteiger partial charge on any atom is 0.165 e.